The lowest BCUT2D eigenvalue weighted by Crippen LogP contribution is -2.49. The van der Waals surface area contributed by atoms with E-state index < -0.39 is 0 Å². The number of piperazine rings is 1. The summed E-state index contributed by atoms with van der Waals surface area (Å²) in [6.45, 7) is 7.55. The number of nitrogens with zero attached hydrogens (tertiary/aromatic N) is 6. The quantitative estimate of drug-likeness (QED) is 0.459. The molecule has 1 N–H and O–H groups in total. The van der Waals surface area contributed by atoms with Crippen molar-refractivity contribution in [1.82, 2.24) is 30.1 Å². The molecule has 8 nitrogen and oxygen atoms in total. The zero-order chi connectivity index (χ0) is 24.6. The van der Waals surface area contributed by atoms with E-state index in [1.807, 2.05) is 17.7 Å². The SMILES string of the molecule is Cc1ccc(C)c2[nH]c(=O)c(C(c3nnnn3C3CCCC3)N3CCN(c4ccccc4)CC3)cc12. The molecule has 1 atom stereocenters. The summed E-state index contributed by atoms with van der Waals surface area (Å²) in [5.74, 6) is 0.783. The maximum Gasteiger partial charge on any atom is 0.253 e. The minimum absolute atomic E-state index is 0.0624. The molecule has 6 rings (SSSR count). The van der Waals surface area contributed by atoms with Gasteiger partial charge in [-0.05, 0) is 66.4 Å². The molecule has 186 valence electrons. The summed E-state index contributed by atoms with van der Waals surface area (Å²) in [5.41, 5.74) is 5.02. The summed E-state index contributed by atoms with van der Waals surface area (Å²) in [5, 5.41) is 14.2. The number of benzene rings is 2. The van der Waals surface area contributed by atoms with Gasteiger partial charge in [-0.3, -0.25) is 9.69 Å². The van der Waals surface area contributed by atoms with Crippen LogP contribution in [0.2, 0.25) is 0 Å². The number of aryl methyl sites for hydroxylation is 2. The molecule has 0 spiro atoms. The molecule has 2 aromatic heterocycles. The normalized spacial score (nSPS) is 18.2. The van der Waals surface area contributed by atoms with Gasteiger partial charge in [-0.15, -0.1) is 5.10 Å². The lowest BCUT2D eigenvalue weighted by Gasteiger charge is -2.39. The molecule has 2 fully saturated rings. The second-order valence-electron chi connectivity index (χ2n) is 10.2. The summed E-state index contributed by atoms with van der Waals surface area (Å²) < 4.78 is 2.01. The van der Waals surface area contributed by atoms with Crippen LogP contribution in [0.25, 0.3) is 10.9 Å². The van der Waals surface area contributed by atoms with Crippen LogP contribution in [0, 0.1) is 13.8 Å². The number of pyridine rings is 1. The molecule has 0 bridgehead atoms. The van der Waals surface area contributed by atoms with Crippen LogP contribution in [0.15, 0.2) is 53.3 Å². The Morgan fingerprint density at radius 1 is 0.944 bits per heavy atom. The molecule has 4 aromatic rings. The van der Waals surface area contributed by atoms with Crippen molar-refractivity contribution in [2.75, 3.05) is 31.1 Å². The number of rotatable bonds is 5. The minimum Gasteiger partial charge on any atom is -0.369 e. The van der Waals surface area contributed by atoms with Gasteiger partial charge < -0.3 is 9.88 Å². The zero-order valence-electron chi connectivity index (χ0n) is 21.0. The van der Waals surface area contributed by atoms with Crippen LogP contribution in [0.5, 0.6) is 0 Å². The van der Waals surface area contributed by atoms with Gasteiger partial charge >= 0.3 is 0 Å². The Bertz CT molecular complexity index is 1410. The molecule has 0 amide bonds. The number of H-pyrrole nitrogens is 1. The van der Waals surface area contributed by atoms with Gasteiger partial charge in [-0.1, -0.05) is 43.2 Å². The van der Waals surface area contributed by atoms with Crippen LogP contribution < -0.4 is 10.5 Å². The molecule has 1 aliphatic heterocycles. The summed E-state index contributed by atoms with van der Waals surface area (Å²) in [6, 6.07) is 16.8. The number of para-hydroxylation sites is 1. The van der Waals surface area contributed by atoms with Crippen LogP contribution in [-0.4, -0.2) is 56.3 Å². The van der Waals surface area contributed by atoms with Crippen molar-refractivity contribution in [3.8, 4) is 0 Å². The zero-order valence-corrected chi connectivity index (χ0v) is 21.0. The second-order valence-corrected chi connectivity index (χ2v) is 10.2. The molecule has 36 heavy (non-hydrogen) atoms. The first kappa shape index (κ1) is 22.9. The molecule has 2 aromatic carbocycles. The Morgan fingerprint density at radius 2 is 1.67 bits per heavy atom. The van der Waals surface area contributed by atoms with Crippen molar-refractivity contribution in [2.45, 2.75) is 51.6 Å². The number of aromatic amines is 1. The minimum atomic E-state index is -0.299. The highest BCUT2D eigenvalue weighted by Gasteiger charge is 2.35. The predicted octanol–water partition coefficient (Wildman–Crippen LogP) is 4.16. The monoisotopic (exact) mass is 483 g/mol. The first-order valence-electron chi connectivity index (χ1n) is 13.0. The van der Waals surface area contributed by atoms with Gasteiger partial charge in [0.05, 0.1) is 11.6 Å². The number of anilines is 1. The van der Waals surface area contributed by atoms with Crippen LogP contribution >= 0.6 is 0 Å². The van der Waals surface area contributed by atoms with Crippen molar-refractivity contribution >= 4 is 16.6 Å². The van der Waals surface area contributed by atoms with Crippen LogP contribution in [-0.2, 0) is 0 Å². The highest BCUT2D eigenvalue weighted by molar-refractivity contribution is 5.85. The van der Waals surface area contributed by atoms with Crippen LogP contribution in [0.4, 0.5) is 5.69 Å². The molecule has 2 aliphatic rings. The van der Waals surface area contributed by atoms with E-state index >= 15 is 0 Å². The average Bonchev–Trinajstić information content (AvgIpc) is 3.61. The second kappa shape index (κ2) is 9.50. The van der Waals surface area contributed by atoms with Gasteiger partial charge in [0.15, 0.2) is 5.82 Å². The summed E-state index contributed by atoms with van der Waals surface area (Å²) in [7, 11) is 0. The van der Waals surface area contributed by atoms with Gasteiger partial charge in [0, 0.05) is 42.8 Å². The Balaban J connectivity index is 1.42. The smallest absolute Gasteiger partial charge is 0.253 e. The summed E-state index contributed by atoms with van der Waals surface area (Å²) >= 11 is 0. The van der Waals surface area contributed by atoms with Gasteiger partial charge in [-0.2, -0.15) is 0 Å². The fourth-order valence-electron chi connectivity index (χ4n) is 5.96. The Labute approximate surface area is 210 Å². The van der Waals surface area contributed by atoms with Crippen molar-refractivity contribution in [3.63, 3.8) is 0 Å². The Kier molecular flexibility index (Phi) is 6.05. The highest BCUT2D eigenvalue weighted by atomic mass is 16.1. The van der Waals surface area contributed by atoms with Crippen molar-refractivity contribution in [1.29, 1.82) is 0 Å². The number of hydrogen-bond donors (Lipinski definition) is 1. The third-order valence-electron chi connectivity index (χ3n) is 8.00. The van der Waals surface area contributed by atoms with Gasteiger partial charge in [0.25, 0.3) is 5.56 Å². The summed E-state index contributed by atoms with van der Waals surface area (Å²) in [6.07, 6.45) is 4.55. The molecular formula is C28H33N7O. The third kappa shape index (κ3) is 4.09. The maximum atomic E-state index is 13.6. The van der Waals surface area contributed by atoms with Crippen molar-refractivity contribution < 1.29 is 0 Å². The van der Waals surface area contributed by atoms with Gasteiger partial charge in [0.2, 0.25) is 0 Å². The van der Waals surface area contributed by atoms with Crippen molar-refractivity contribution in [2.24, 2.45) is 0 Å². The molecule has 1 saturated carbocycles. The molecule has 1 unspecified atom stereocenters. The molecule has 1 aliphatic carbocycles. The van der Waals surface area contributed by atoms with E-state index in [1.54, 1.807) is 0 Å². The predicted molar refractivity (Wildman–Crippen MR) is 141 cm³/mol. The Morgan fingerprint density at radius 3 is 2.42 bits per heavy atom. The number of fused-ring (bicyclic) bond motifs is 1. The molecule has 3 heterocycles. The molecular weight excluding hydrogens is 450 g/mol. The van der Waals surface area contributed by atoms with Gasteiger partial charge in [-0.25, -0.2) is 4.68 Å². The number of tetrazole rings is 1. The standard InChI is InChI=1S/C28H33N7O/c1-19-12-13-20(2)25-23(19)18-24(28(36)29-25)26(27-30-31-32-35(27)22-10-6-7-11-22)34-16-14-33(15-17-34)21-8-4-3-5-9-21/h3-5,8-9,12-13,18,22,26H,6-7,10-11,14-17H2,1-2H3,(H,29,36). The topological polar surface area (TPSA) is 82.9 Å². The third-order valence-corrected chi connectivity index (χ3v) is 8.00. The largest absolute Gasteiger partial charge is 0.369 e. The van der Waals surface area contributed by atoms with E-state index in [9.17, 15) is 4.79 Å². The lowest BCUT2D eigenvalue weighted by atomic mass is 9.99. The summed E-state index contributed by atoms with van der Waals surface area (Å²) in [4.78, 5) is 21.6. The maximum absolute atomic E-state index is 13.6. The molecule has 8 heteroatoms. The molecule has 1 saturated heterocycles. The number of nitrogens with one attached hydrogen (secondary N) is 1. The van der Waals surface area contributed by atoms with Crippen molar-refractivity contribution in [3.05, 3.63) is 81.4 Å². The van der Waals surface area contributed by atoms with E-state index in [4.69, 9.17) is 0 Å². The highest BCUT2D eigenvalue weighted by Crippen LogP contribution is 2.35. The van der Waals surface area contributed by atoms with E-state index in [-0.39, 0.29) is 11.6 Å². The lowest BCUT2D eigenvalue weighted by molar-refractivity contribution is 0.197. The van der Waals surface area contributed by atoms with Crippen LogP contribution in [0.3, 0.4) is 0 Å². The van der Waals surface area contributed by atoms with E-state index in [2.05, 4.69) is 79.7 Å². The Hall–Kier alpha value is -3.52. The van der Waals surface area contributed by atoms with E-state index in [0.29, 0.717) is 6.04 Å². The van der Waals surface area contributed by atoms with Crippen LogP contribution in [0.1, 0.15) is 60.3 Å². The van der Waals surface area contributed by atoms with E-state index in [0.717, 1.165) is 72.4 Å². The van der Waals surface area contributed by atoms with E-state index in [1.165, 1.54) is 18.5 Å². The first-order valence-corrected chi connectivity index (χ1v) is 13.0. The fourth-order valence-corrected chi connectivity index (χ4v) is 5.96. The van der Waals surface area contributed by atoms with Gasteiger partial charge in [0.1, 0.15) is 6.04 Å². The fraction of sp³-hybridized carbons (Fsp3) is 0.429. The number of aromatic nitrogens is 5. The first-order chi connectivity index (χ1) is 17.6. The molecule has 0 radical (unpaired) electrons. The average molecular weight is 484 g/mol. The number of hydrogen-bond acceptors (Lipinski definition) is 6.